The maximum Gasteiger partial charge on any atom is 0.315 e. The van der Waals surface area contributed by atoms with Crippen molar-refractivity contribution in [1.29, 1.82) is 5.26 Å². The smallest absolute Gasteiger partial charge is 0.315 e. The van der Waals surface area contributed by atoms with Crippen molar-refractivity contribution >= 4 is 5.97 Å². The second-order valence-electron chi connectivity index (χ2n) is 5.70. The molecule has 1 atom stereocenters. The molecule has 0 saturated carbocycles. The van der Waals surface area contributed by atoms with Gasteiger partial charge in [0.1, 0.15) is 5.75 Å². The highest BCUT2D eigenvalue weighted by molar-refractivity contribution is 5.76. The minimum atomic E-state index is -0.227. The molecule has 4 heteroatoms. The number of nitrogens with one attached hydrogen (secondary N) is 1. The predicted molar refractivity (Wildman–Crippen MR) is 87.0 cm³/mol. The van der Waals surface area contributed by atoms with E-state index in [1.165, 1.54) is 0 Å². The topological polar surface area (TPSA) is 62.1 Å². The molecule has 116 valence electrons. The number of benzene rings is 2. The third-order valence-corrected chi connectivity index (χ3v) is 4.05. The van der Waals surface area contributed by atoms with Gasteiger partial charge in [0, 0.05) is 6.54 Å². The summed E-state index contributed by atoms with van der Waals surface area (Å²) in [5.74, 6) is 0.120. The lowest BCUT2D eigenvalue weighted by atomic mass is 10.00. The van der Waals surface area contributed by atoms with Crippen LogP contribution in [0.3, 0.4) is 0 Å². The van der Waals surface area contributed by atoms with Crippen molar-refractivity contribution in [3.05, 3.63) is 65.2 Å². The quantitative estimate of drug-likeness (QED) is 0.697. The van der Waals surface area contributed by atoms with Crippen LogP contribution in [-0.2, 0) is 11.2 Å². The van der Waals surface area contributed by atoms with Gasteiger partial charge in [-0.3, -0.25) is 4.79 Å². The Balaban J connectivity index is 1.74. The van der Waals surface area contributed by atoms with Crippen LogP contribution >= 0.6 is 0 Å². The lowest BCUT2D eigenvalue weighted by Crippen LogP contribution is -2.22. The third-order valence-electron chi connectivity index (χ3n) is 4.05. The Hall–Kier alpha value is -2.64. The number of carbonyl (C=O) groups is 1. The molecule has 1 saturated heterocycles. The van der Waals surface area contributed by atoms with Crippen molar-refractivity contribution in [2.75, 3.05) is 13.1 Å². The number of rotatable bonds is 4. The molecular weight excluding hydrogens is 288 g/mol. The van der Waals surface area contributed by atoms with E-state index < -0.39 is 0 Å². The molecule has 1 N–H and O–H groups in total. The molecule has 0 amide bonds. The summed E-state index contributed by atoms with van der Waals surface area (Å²) in [7, 11) is 0. The molecule has 1 aliphatic rings. The Bertz CT molecular complexity index is 729. The molecule has 0 spiro atoms. The van der Waals surface area contributed by atoms with Gasteiger partial charge >= 0.3 is 5.97 Å². The van der Waals surface area contributed by atoms with Gasteiger partial charge < -0.3 is 10.1 Å². The summed E-state index contributed by atoms with van der Waals surface area (Å²) in [4.78, 5) is 12.0. The van der Waals surface area contributed by atoms with E-state index in [1.54, 1.807) is 12.1 Å². The van der Waals surface area contributed by atoms with Crippen molar-refractivity contribution in [1.82, 2.24) is 5.32 Å². The van der Waals surface area contributed by atoms with Crippen LogP contribution in [0, 0.1) is 17.2 Å². The van der Waals surface area contributed by atoms with E-state index in [9.17, 15) is 10.1 Å². The molecule has 2 aromatic rings. The minimum Gasteiger partial charge on any atom is -0.426 e. The van der Waals surface area contributed by atoms with Crippen molar-refractivity contribution in [2.24, 2.45) is 5.92 Å². The van der Waals surface area contributed by atoms with Crippen molar-refractivity contribution in [2.45, 2.75) is 12.8 Å². The molecule has 0 bridgehead atoms. The zero-order valence-corrected chi connectivity index (χ0v) is 12.8. The van der Waals surface area contributed by atoms with Crippen molar-refractivity contribution < 1.29 is 9.53 Å². The zero-order chi connectivity index (χ0) is 16.1. The van der Waals surface area contributed by atoms with Crippen molar-refractivity contribution in [3.63, 3.8) is 0 Å². The highest BCUT2D eigenvalue weighted by Gasteiger charge is 2.24. The number of hydrogen-bond acceptors (Lipinski definition) is 4. The molecular formula is C19H18N2O2. The average molecular weight is 306 g/mol. The predicted octanol–water partition coefficient (Wildman–Crippen LogP) is 2.66. The monoisotopic (exact) mass is 306 g/mol. The average Bonchev–Trinajstić information content (AvgIpc) is 3.12. The summed E-state index contributed by atoms with van der Waals surface area (Å²) in [5.41, 5.74) is 2.62. The molecule has 4 nitrogen and oxygen atoms in total. The molecule has 1 fully saturated rings. The summed E-state index contributed by atoms with van der Waals surface area (Å²) in [6.45, 7) is 1.51. The van der Waals surface area contributed by atoms with E-state index in [0.717, 1.165) is 24.1 Å². The fraction of sp³-hybridized carbons (Fsp3) is 0.263. The normalized spacial score (nSPS) is 16.7. The second-order valence-corrected chi connectivity index (χ2v) is 5.70. The van der Waals surface area contributed by atoms with Crippen LogP contribution in [0.15, 0.2) is 48.5 Å². The summed E-state index contributed by atoms with van der Waals surface area (Å²) in [6, 6.07) is 17.5. The Morgan fingerprint density at radius 2 is 2.09 bits per heavy atom. The molecule has 23 heavy (non-hydrogen) atoms. The third kappa shape index (κ3) is 3.77. The van der Waals surface area contributed by atoms with Crippen LogP contribution in [0.25, 0.3) is 0 Å². The molecule has 1 aliphatic heterocycles. The highest BCUT2D eigenvalue weighted by atomic mass is 16.5. The van der Waals surface area contributed by atoms with E-state index >= 15 is 0 Å². The number of carbonyl (C=O) groups excluding carboxylic acids is 1. The summed E-state index contributed by atoms with van der Waals surface area (Å²) in [5, 5.41) is 12.5. The Morgan fingerprint density at radius 3 is 2.78 bits per heavy atom. The highest BCUT2D eigenvalue weighted by Crippen LogP contribution is 2.22. The second kappa shape index (κ2) is 7.08. The van der Waals surface area contributed by atoms with E-state index in [0.29, 0.717) is 24.3 Å². The summed E-state index contributed by atoms with van der Waals surface area (Å²) < 4.78 is 5.42. The first-order valence-electron chi connectivity index (χ1n) is 7.75. The van der Waals surface area contributed by atoms with Crippen LogP contribution < -0.4 is 10.1 Å². The van der Waals surface area contributed by atoms with Crippen LogP contribution in [0.4, 0.5) is 0 Å². The fourth-order valence-electron chi connectivity index (χ4n) is 2.75. The molecule has 1 unspecified atom stereocenters. The van der Waals surface area contributed by atoms with Crippen LogP contribution in [-0.4, -0.2) is 19.1 Å². The fourth-order valence-corrected chi connectivity index (χ4v) is 2.75. The number of ether oxygens (including phenoxy) is 1. The molecule has 2 aromatic carbocycles. The van der Waals surface area contributed by atoms with Gasteiger partial charge in [-0.2, -0.15) is 5.26 Å². The van der Waals surface area contributed by atoms with Gasteiger partial charge in [-0.05, 0) is 42.6 Å². The molecule has 1 heterocycles. The van der Waals surface area contributed by atoms with Gasteiger partial charge in [-0.25, -0.2) is 0 Å². The van der Waals surface area contributed by atoms with Gasteiger partial charge in [0.2, 0.25) is 0 Å². The maximum absolute atomic E-state index is 12.0. The van der Waals surface area contributed by atoms with E-state index in [1.807, 2.05) is 36.4 Å². The van der Waals surface area contributed by atoms with Crippen LogP contribution in [0.2, 0.25) is 0 Å². The van der Waals surface area contributed by atoms with Crippen molar-refractivity contribution in [3.8, 4) is 11.8 Å². The number of esters is 1. The number of hydrogen-bond donors (Lipinski definition) is 1. The standard InChI is InChI=1S/C19H18N2O2/c20-12-17-11-18(23-19(22)16-8-9-21-13-16)7-6-15(17)10-14-4-2-1-3-5-14/h1-7,11,16,21H,8-10,13H2. The molecule has 3 rings (SSSR count). The van der Waals surface area contributed by atoms with Crippen LogP contribution in [0.1, 0.15) is 23.1 Å². The van der Waals surface area contributed by atoms with E-state index in [4.69, 9.17) is 4.74 Å². The molecule has 0 radical (unpaired) electrons. The minimum absolute atomic E-state index is 0.0930. The Morgan fingerprint density at radius 1 is 1.26 bits per heavy atom. The Labute approximate surface area is 135 Å². The number of nitriles is 1. The summed E-state index contributed by atoms with van der Waals surface area (Å²) >= 11 is 0. The largest absolute Gasteiger partial charge is 0.426 e. The van der Waals surface area contributed by atoms with Gasteiger partial charge in [-0.1, -0.05) is 36.4 Å². The van der Waals surface area contributed by atoms with E-state index in [-0.39, 0.29) is 11.9 Å². The maximum atomic E-state index is 12.0. The lowest BCUT2D eigenvalue weighted by Gasteiger charge is -2.10. The zero-order valence-electron chi connectivity index (χ0n) is 12.8. The molecule has 0 aromatic heterocycles. The van der Waals surface area contributed by atoms with Gasteiger partial charge in [0.25, 0.3) is 0 Å². The van der Waals surface area contributed by atoms with Gasteiger partial charge in [0.15, 0.2) is 0 Å². The first kappa shape index (κ1) is 15.3. The SMILES string of the molecule is N#Cc1cc(OC(=O)C2CCNC2)ccc1Cc1ccccc1. The van der Waals surface area contributed by atoms with E-state index in [2.05, 4.69) is 11.4 Å². The van der Waals surface area contributed by atoms with Crippen LogP contribution in [0.5, 0.6) is 5.75 Å². The lowest BCUT2D eigenvalue weighted by molar-refractivity contribution is -0.138. The molecule has 0 aliphatic carbocycles. The Kier molecular flexibility index (Phi) is 4.70. The first-order valence-corrected chi connectivity index (χ1v) is 7.75. The van der Waals surface area contributed by atoms with Gasteiger partial charge in [-0.15, -0.1) is 0 Å². The number of nitrogens with zero attached hydrogens (tertiary/aromatic N) is 1. The summed E-state index contributed by atoms with van der Waals surface area (Å²) in [6.07, 6.45) is 1.49. The van der Waals surface area contributed by atoms with Gasteiger partial charge in [0.05, 0.1) is 17.6 Å². The first-order chi connectivity index (χ1) is 11.3.